The van der Waals surface area contributed by atoms with Crippen molar-refractivity contribution in [3.8, 4) is 5.75 Å². The number of rotatable bonds is 4. The SMILES string of the molecule is C=CCc1cccc(COC)c1O. The molecule has 0 spiro atoms. The van der Waals surface area contributed by atoms with E-state index in [9.17, 15) is 5.11 Å². The third kappa shape index (κ3) is 2.33. The van der Waals surface area contributed by atoms with Gasteiger partial charge in [0.1, 0.15) is 5.75 Å². The lowest BCUT2D eigenvalue weighted by Gasteiger charge is -2.06. The number of hydrogen-bond acceptors (Lipinski definition) is 2. The van der Waals surface area contributed by atoms with Gasteiger partial charge in [0.25, 0.3) is 0 Å². The van der Waals surface area contributed by atoms with Gasteiger partial charge in [-0.25, -0.2) is 0 Å². The molecule has 0 atom stereocenters. The van der Waals surface area contributed by atoms with Crippen LogP contribution in [0.15, 0.2) is 30.9 Å². The maximum atomic E-state index is 9.72. The van der Waals surface area contributed by atoms with Crippen LogP contribution in [0.25, 0.3) is 0 Å². The molecule has 0 aromatic heterocycles. The Morgan fingerprint density at radius 2 is 2.15 bits per heavy atom. The van der Waals surface area contributed by atoms with E-state index in [1.165, 1.54) is 0 Å². The molecule has 2 heteroatoms. The van der Waals surface area contributed by atoms with Crippen LogP contribution in [0.5, 0.6) is 5.75 Å². The molecule has 0 saturated carbocycles. The van der Waals surface area contributed by atoms with Gasteiger partial charge in [0.15, 0.2) is 0 Å². The van der Waals surface area contributed by atoms with Crippen LogP contribution in [-0.2, 0) is 17.8 Å². The lowest BCUT2D eigenvalue weighted by Crippen LogP contribution is -1.91. The third-order valence-electron chi connectivity index (χ3n) is 1.87. The molecule has 1 rings (SSSR count). The lowest BCUT2D eigenvalue weighted by atomic mass is 10.1. The highest BCUT2D eigenvalue weighted by atomic mass is 16.5. The zero-order chi connectivity index (χ0) is 9.68. The summed E-state index contributed by atoms with van der Waals surface area (Å²) < 4.78 is 4.96. The van der Waals surface area contributed by atoms with E-state index < -0.39 is 0 Å². The molecule has 1 aromatic carbocycles. The van der Waals surface area contributed by atoms with Crippen LogP contribution in [0.4, 0.5) is 0 Å². The standard InChI is InChI=1S/C11H14O2/c1-3-5-9-6-4-7-10(8-13-2)11(9)12/h3-4,6-7,12H,1,5,8H2,2H3. The number of benzene rings is 1. The van der Waals surface area contributed by atoms with Gasteiger partial charge < -0.3 is 9.84 Å². The monoisotopic (exact) mass is 178 g/mol. The fourth-order valence-corrected chi connectivity index (χ4v) is 1.24. The van der Waals surface area contributed by atoms with E-state index in [0.29, 0.717) is 18.8 Å². The molecule has 0 saturated heterocycles. The van der Waals surface area contributed by atoms with E-state index in [2.05, 4.69) is 6.58 Å². The first kappa shape index (κ1) is 9.81. The minimum Gasteiger partial charge on any atom is -0.507 e. The molecule has 1 aromatic rings. The van der Waals surface area contributed by atoms with Crippen LogP contribution in [0.1, 0.15) is 11.1 Å². The van der Waals surface area contributed by atoms with Crippen LogP contribution >= 0.6 is 0 Å². The smallest absolute Gasteiger partial charge is 0.124 e. The van der Waals surface area contributed by atoms with Gasteiger partial charge in [0.05, 0.1) is 6.61 Å². The summed E-state index contributed by atoms with van der Waals surface area (Å²) in [6.45, 7) is 4.07. The Bertz CT molecular complexity index is 292. The first-order valence-corrected chi connectivity index (χ1v) is 4.19. The van der Waals surface area contributed by atoms with E-state index in [0.717, 1.165) is 11.1 Å². The quantitative estimate of drug-likeness (QED) is 0.717. The van der Waals surface area contributed by atoms with Crippen molar-refractivity contribution in [3.63, 3.8) is 0 Å². The summed E-state index contributed by atoms with van der Waals surface area (Å²) in [7, 11) is 1.61. The highest BCUT2D eigenvalue weighted by molar-refractivity contribution is 5.40. The number of para-hydroxylation sites is 1. The summed E-state index contributed by atoms with van der Waals surface area (Å²) in [6.07, 6.45) is 2.45. The molecule has 0 fully saturated rings. The van der Waals surface area contributed by atoms with Gasteiger partial charge in [-0.2, -0.15) is 0 Å². The van der Waals surface area contributed by atoms with Crippen molar-refractivity contribution in [1.29, 1.82) is 0 Å². The zero-order valence-electron chi connectivity index (χ0n) is 7.79. The highest BCUT2D eigenvalue weighted by Gasteiger charge is 2.04. The molecule has 0 radical (unpaired) electrons. The first-order chi connectivity index (χ1) is 6.29. The number of ether oxygens (including phenoxy) is 1. The summed E-state index contributed by atoms with van der Waals surface area (Å²) in [5.74, 6) is 0.323. The van der Waals surface area contributed by atoms with E-state index in [-0.39, 0.29) is 0 Å². The molecule has 0 unspecified atom stereocenters. The molecule has 2 nitrogen and oxygen atoms in total. The molecule has 13 heavy (non-hydrogen) atoms. The van der Waals surface area contributed by atoms with Gasteiger partial charge in [-0.05, 0) is 12.0 Å². The van der Waals surface area contributed by atoms with E-state index in [4.69, 9.17) is 4.74 Å². The van der Waals surface area contributed by atoms with Gasteiger partial charge in [-0.1, -0.05) is 24.3 Å². The molecular weight excluding hydrogens is 164 g/mol. The van der Waals surface area contributed by atoms with Gasteiger partial charge in [-0.3, -0.25) is 0 Å². The fourth-order valence-electron chi connectivity index (χ4n) is 1.24. The number of hydrogen-bond donors (Lipinski definition) is 1. The maximum Gasteiger partial charge on any atom is 0.124 e. The molecule has 1 N–H and O–H groups in total. The Balaban J connectivity index is 2.95. The van der Waals surface area contributed by atoms with E-state index >= 15 is 0 Å². The van der Waals surface area contributed by atoms with Gasteiger partial charge in [0, 0.05) is 12.7 Å². The summed E-state index contributed by atoms with van der Waals surface area (Å²) in [4.78, 5) is 0. The van der Waals surface area contributed by atoms with Crippen molar-refractivity contribution in [3.05, 3.63) is 42.0 Å². The molecule has 0 aliphatic carbocycles. The van der Waals surface area contributed by atoms with E-state index in [1.54, 1.807) is 13.2 Å². The van der Waals surface area contributed by atoms with Crippen LogP contribution in [-0.4, -0.2) is 12.2 Å². The topological polar surface area (TPSA) is 29.5 Å². The lowest BCUT2D eigenvalue weighted by molar-refractivity contribution is 0.182. The molecule has 0 aliphatic rings. The van der Waals surface area contributed by atoms with Crippen LogP contribution < -0.4 is 0 Å². The summed E-state index contributed by atoms with van der Waals surface area (Å²) in [6, 6.07) is 5.65. The van der Waals surface area contributed by atoms with Gasteiger partial charge >= 0.3 is 0 Å². The fraction of sp³-hybridized carbons (Fsp3) is 0.273. The summed E-state index contributed by atoms with van der Waals surface area (Å²) >= 11 is 0. The number of phenols is 1. The summed E-state index contributed by atoms with van der Waals surface area (Å²) in [5, 5.41) is 9.72. The molecular formula is C11H14O2. The van der Waals surface area contributed by atoms with Crippen molar-refractivity contribution in [2.24, 2.45) is 0 Å². The molecule has 0 amide bonds. The average Bonchev–Trinajstić information content (AvgIpc) is 2.13. The Morgan fingerprint density at radius 1 is 1.46 bits per heavy atom. The van der Waals surface area contributed by atoms with Crippen molar-refractivity contribution >= 4 is 0 Å². The Hall–Kier alpha value is -1.28. The third-order valence-corrected chi connectivity index (χ3v) is 1.87. The van der Waals surface area contributed by atoms with Gasteiger partial charge in [0.2, 0.25) is 0 Å². The zero-order valence-corrected chi connectivity index (χ0v) is 7.79. The van der Waals surface area contributed by atoms with Crippen LogP contribution in [0.2, 0.25) is 0 Å². The van der Waals surface area contributed by atoms with Gasteiger partial charge in [-0.15, -0.1) is 6.58 Å². The Kier molecular flexibility index (Phi) is 3.53. The largest absolute Gasteiger partial charge is 0.507 e. The number of aromatic hydroxyl groups is 1. The van der Waals surface area contributed by atoms with Crippen LogP contribution in [0, 0.1) is 0 Å². The van der Waals surface area contributed by atoms with Crippen molar-refractivity contribution in [2.45, 2.75) is 13.0 Å². The number of phenolic OH excluding ortho intramolecular Hbond substituents is 1. The molecule has 0 aliphatic heterocycles. The second-order valence-corrected chi connectivity index (χ2v) is 2.85. The number of methoxy groups -OCH3 is 1. The maximum absolute atomic E-state index is 9.72. The van der Waals surface area contributed by atoms with Crippen LogP contribution in [0.3, 0.4) is 0 Å². The molecule has 0 heterocycles. The second-order valence-electron chi connectivity index (χ2n) is 2.85. The minimum atomic E-state index is 0.323. The Labute approximate surface area is 78.5 Å². The summed E-state index contributed by atoms with van der Waals surface area (Å²) in [5.41, 5.74) is 1.71. The Morgan fingerprint density at radius 3 is 2.77 bits per heavy atom. The van der Waals surface area contributed by atoms with Crippen molar-refractivity contribution < 1.29 is 9.84 Å². The predicted molar refractivity (Wildman–Crippen MR) is 52.7 cm³/mol. The average molecular weight is 178 g/mol. The molecule has 70 valence electrons. The van der Waals surface area contributed by atoms with E-state index in [1.807, 2.05) is 18.2 Å². The van der Waals surface area contributed by atoms with Crippen molar-refractivity contribution in [1.82, 2.24) is 0 Å². The predicted octanol–water partition coefficient (Wildman–Crippen LogP) is 2.27. The normalized spacial score (nSPS) is 9.92. The first-order valence-electron chi connectivity index (χ1n) is 4.19. The second kappa shape index (κ2) is 4.67. The molecule has 0 bridgehead atoms. The van der Waals surface area contributed by atoms with Crippen molar-refractivity contribution in [2.75, 3.05) is 7.11 Å². The highest BCUT2D eigenvalue weighted by Crippen LogP contribution is 2.23. The minimum absolute atomic E-state index is 0.323. The number of allylic oxidation sites excluding steroid dienone is 1.